The van der Waals surface area contributed by atoms with Crippen molar-refractivity contribution in [1.29, 1.82) is 0 Å². The molecule has 0 aromatic carbocycles. The van der Waals surface area contributed by atoms with Crippen molar-refractivity contribution in [2.45, 2.75) is 13.8 Å². The van der Waals surface area contributed by atoms with Crippen LogP contribution < -0.4 is 5.73 Å². The van der Waals surface area contributed by atoms with E-state index in [9.17, 15) is 4.79 Å². The summed E-state index contributed by atoms with van der Waals surface area (Å²) in [5, 5.41) is 0. The van der Waals surface area contributed by atoms with E-state index in [-0.39, 0.29) is 5.91 Å². The van der Waals surface area contributed by atoms with Gasteiger partial charge >= 0.3 is 0 Å². The second kappa shape index (κ2) is 8.55. The lowest BCUT2D eigenvalue weighted by Crippen LogP contribution is -2.37. The highest BCUT2D eigenvalue weighted by molar-refractivity contribution is 5.93. The molecule has 1 rings (SSSR count). The molecule has 1 heterocycles. The van der Waals surface area contributed by atoms with E-state index in [1.807, 2.05) is 13.8 Å². The fourth-order valence-electron chi connectivity index (χ4n) is 1.66. The molecule has 19 heavy (non-hydrogen) atoms. The van der Waals surface area contributed by atoms with Gasteiger partial charge in [-0.1, -0.05) is 0 Å². The van der Waals surface area contributed by atoms with E-state index < -0.39 is 0 Å². The smallest absolute Gasteiger partial charge is 0.270 e. The number of nitrogens with zero attached hydrogens (tertiary/aromatic N) is 1. The maximum atomic E-state index is 12.3. The van der Waals surface area contributed by atoms with E-state index in [4.69, 9.17) is 15.2 Å². The van der Waals surface area contributed by atoms with Gasteiger partial charge in [0.15, 0.2) is 0 Å². The van der Waals surface area contributed by atoms with Gasteiger partial charge in [0.2, 0.25) is 0 Å². The number of carbonyl (C=O) groups is 1. The van der Waals surface area contributed by atoms with Crippen molar-refractivity contribution in [2.24, 2.45) is 0 Å². The summed E-state index contributed by atoms with van der Waals surface area (Å²) in [5.41, 5.74) is 6.65. The number of aromatic amines is 1. The largest absolute Gasteiger partial charge is 0.397 e. The molecule has 1 aromatic heterocycles. The topological polar surface area (TPSA) is 80.6 Å². The third-order valence-corrected chi connectivity index (χ3v) is 2.64. The summed E-state index contributed by atoms with van der Waals surface area (Å²) >= 11 is 0. The molecule has 0 radical (unpaired) electrons. The van der Waals surface area contributed by atoms with Gasteiger partial charge in [0.25, 0.3) is 5.91 Å². The van der Waals surface area contributed by atoms with E-state index >= 15 is 0 Å². The molecular weight excluding hydrogens is 246 g/mol. The van der Waals surface area contributed by atoms with Gasteiger partial charge in [-0.15, -0.1) is 0 Å². The van der Waals surface area contributed by atoms with Crippen LogP contribution in [0, 0.1) is 0 Å². The maximum absolute atomic E-state index is 12.3. The van der Waals surface area contributed by atoms with Crippen LogP contribution in [0.1, 0.15) is 24.3 Å². The molecular formula is C13H23N3O3. The Morgan fingerprint density at radius 2 is 1.84 bits per heavy atom. The Bertz CT molecular complexity index is 369. The molecule has 0 saturated carbocycles. The second-order valence-electron chi connectivity index (χ2n) is 4.03. The normalized spacial score (nSPS) is 10.6. The first-order chi connectivity index (χ1) is 9.19. The zero-order valence-corrected chi connectivity index (χ0v) is 11.6. The summed E-state index contributed by atoms with van der Waals surface area (Å²) in [6.45, 7) is 7.26. The van der Waals surface area contributed by atoms with Crippen molar-refractivity contribution >= 4 is 11.6 Å². The van der Waals surface area contributed by atoms with Crippen LogP contribution in [-0.4, -0.2) is 55.3 Å². The van der Waals surface area contributed by atoms with E-state index in [0.717, 1.165) is 0 Å². The molecule has 1 amide bonds. The Balaban J connectivity index is 2.57. The lowest BCUT2D eigenvalue weighted by Gasteiger charge is -2.21. The minimum Gasteiger partial charge on any atom is -0.397 e. The van der Waals surface area contributed by atoms with E-state index in [1.165, 1.54) is 0 Å². The molecule has 6 nitrogen and oxygen atoms in total. The number of nitrogens with two attached hydrogens (primary N) is 1. The van der Waals surface area contributed by atoms with Crippen LogP contribution in [0.25, 0.3) is 0 Å². The fourth-order valence-corrected chi connectivity index (χ4v) is 1.66. The standard InChI is InChI=1S/C13H23N3O3/c1-3-18-7-5-16(6-8-19-4-2)13(17)12-9-11(14)10-15-12/h9-10,15H,3-8,14H2,1-2H3. The zero-order valence-electron chi connectivity index (χ0n) is 11.6. The average Bonchev–Trinajstić information content (AvgIpc) is 2.83. The fraction of sp³-hybridized carbons (Fsp3) is 0.615. The number of nitrogens with one attached hydrogen (secondary N) is 1. The number of carbonyl (C=O) groups excluding carboxylic acids is 1. The number of hydrogen-bond acceptors (Lipinski definition) is 4. The van der Waals surface area contributed by atoms with Gasteiger partial charge in [-0.2, -0.15) is 0 Å². The van der Waals surface area contributed by atoms with Crippen LogP contribution in [0.4, 0.5) is 5.69 Å². The number of ether oxygens (including phenoxy) is 2. The van der Waals surface area contributed by atoms with Crippen LogP contribution in [0.15, 0.2) is 12.3 Å². The van der Waals surface area contributed by atoms with Gasteiger partial charge in [-0.3, -0.25) is 4.79 Å². The first-order valence-electron chi connectivity index (χ1n) is 6.57. The monoisotopic (exact) mass is 269 g/mol. The minimum absolute atomic E-state index is 0.0869. The molecule has 108 valence electrons. The van der Waals surface area contributed by atoms with E-state index in [1.54, 1.807) is 17.2 Å². The average molecular weight is 269 g/mol. The Hall–Kier alpha value is -1.53. The Morgan fingerprint density at radius 1 is 1.26 bits per heavy atom. The summed E-state index contributed by atoms with van der Waals surface area (Å²) in [7, 11) is 0. The molecule has 0 aliphatic carbocycles. The number of hydrogen-bond donors (Lipinski definition) is 2. The summed E-state index contributed by atoms with van der Waals surface area (Å²) in [4.78, 5) is 16.8. The Morgan fingerprint density at radius 3 is 2.26 bits per heavy atom. The Kier molecular flexibility index (Phi) is 6.99. The van der Waals surface area contributed by atoms with Crippen LogP contribution in [0.5, 0.6) is 0 Å². The number of aromatic nitrogens is 1. The van der Waals surface area contributed by atoms with Crippen molar-refractivity contribution in [3.63, 3.8) is 0 Å². The van der Waals surface area contributed by atoms with Crippen LogP contribution in [0.3, 0.4) is 0 Å². The lowest BCUT2D eigenvalue weighted by molar-refractivity contribution is 0.0546. The van der Waals surface area contributed by atoms with Gasteiger partial charge in [-0.05, 0) is 19.9 Å². The SMILES string of the molecule is CCOCCN(CCOCC)C(=O)c1cc(N)c[nH]1. The molecule has 0 aliphatic rings. The molecule has 0 aliphatic heterocycles. The summed E-state index contributed by atoms with van der Waals surface area (Å²) < 4.78 is 10.6. The van der Waals surface area contributed by atoms with Gasteiger partial charge < -0.3 is 25.1 Å². The number of anilines is 1. The number of rotatable bonds is 9. The highest BCUT2D eigenvalue weighted by Gasteiger charge is 2.16. The molecule has 0 bridgehead atoms. The van der Waals surface area contributed by atoms with Gasteiger partial charge in [0.1, 0.15) is 5.69 Å². The van der Waals surface area contributed by atoms with Crippen LogP contribution in [-0.2, 0) is 9.47 Å². The summed E-state index contributed by atoms with van der Waals surface area (Å²) in [5.74, 6) is -0.0869. The first-order valence-corrected chi connectivity index (χ1v) is 6.57. The van der Waals surface area contributed by atoms with Gasteiger partial charge in [0, 0.05) is 38.2 Å². The molecule has 0 unspecified atom stereocenters. The maximum Gasteiger partial charge on any atom is 0.270 e. The van der Waals surface area contributed by atoms with E-state index in [2.05, 4.69) is 4.98 Å². The minimum atomic E-state index is -0.0869. The zero-order chi connectivity index (χ0) is 14.1. The number of H-pyrrole nitrogens is 1. The van der Waals surface area contributed by atoms with Crippen LogP contribution >= 0.6 is 0 Å². The molecule has 1 aromatic rings. The number of nitrogen functional groups attached to an aromatic ring is 1. The summed E-state index contributed by atoms with van der Waals surface area (Å²) in [6.07, 6.45) is 1.61. The highest BCUT2D eigenvalue weighted by atomic mass is 16.5. The lowest BCUT2D eigenvalue weighted by atomic mass is 10.3. The summed E-state index contributed by atoms with van der Waals surface area (Å²) in [6, 6.07) is 1.64. The highest BCUT2D eigenvalue weighted by Crippen LogP contribution is 2.08. The van der Waals surface area contributed by atoms with Crippen molar-refractivity contribution < 1.29 is 14.3 Å². The van der Waals surface area contributed by atoms with Gasteiger partial charge in [-0.25, -0.2) is 0 Å². The van der Waals surface area contributed by atoms with E-state index in [0.29, 0.717) is 50.9 Å². The van der Waals surface area contributed by atoms with Crippen LogP contribution in [0.2, 0.25) is 0 Å². The van der Waals surface area contributed by atoms with Crippen molar-refractivity contribution in [2.75, 3.05) is 45.3 Å². The van der Waals surface area contributed by atoms with Crippen molar-refractivity contribution in [1.82, 2.24) is 9.88 Å². The number of amides is 1. The molecule has 6 heteroatoms. The van der Waals surface area contributed by atoms with Crippen molar-refractivity contribution in [3.05, 3.63) is 18.0 Å². The predicted octanol–water partition coefficient (Wildman–Crippen LogP) is 1.11. The Labute approximate surface area is 113 Å². The first kappa shape index (κ1) is 15.5. The second-order valence-corrected chi connectivity index (χ2v) is 4.03. The molecule has 0 spiro atoms. The third kappa shape index (κ3) is 5.32. The molecule has 0 saturated heterocycles. The third-order valence-electron chi connectivity index (χ3n) is 2.64. The predicted molar refractivity (Wildman–Crippen MR) is 74.1 cm³/mol. The molecule has 0 fully saturated rings. The quantitative estimate of drug-likeness (QED) is 0.658. The molecule has 3 N–H and O–H groups in total. The van der Waals surface area contributed by atoms with Gasteiger partial charge in [0.05, 0.1) is 13.2 Å². The van der Waals surface area contributed by atoms with Crippen molar-refractivity contribution in [3.8, 4) is 0 Å². The molecule has 0 atom stereocenters.